The number of benzene rings is 6. The molecule has 4 bridgehead atoms. The van der Waals surface area contributed by atoms with E-state index in [-0.39, 0.29) is 5.41 Å². The summed E-state index contributed by atoms with van der Waals surface area (Å²) in [4.78, 5) is 15.3. The second-order valence-electron chi connectivity index (χ2n) is 16.1. The van der Waals surface area contributed by atoms with Crippen molar-refractivity contribution >= 4 is 21.8 Å². The van der Waals surface area contributed by atoms with E-state index in [0.29, 0.717) is 17.6 Å². The molecule has 4 heteroatoms. The highest BCUT2D eigenvalue weighted by Crippen LogP contribution is 2.69. The molecule has 0 atom stereocenters. The molecule has 4 fully saturated rings. The Labute approximate surface area is 309 Å². The van der Waals surface area contributed by atoms with Crippen LogP contribution in [0.3, 0.4) is 0 Å². The SMILES string of the molecule is c1ccc(-c2nc(-c3ccccc3)nc(-n3c4ccccc4c4ccc(-c5ccc6c(c5)-c5ccccc5C65C6CC7CC(C6)CC5C7)cc43)n2)cc1. The Kier molecular flexibility index (Phi) is 6.20. The lowest BCUT2D eigenvalue weighted by atomic mass is 9.43. The van der Waals surface area contributed by atoms with Crippen LogP contribution in [0.15, 0.2) is 146 Å². The van der Waals surface area contributed by atoms with Gasteiger partial charge in [-0.25, -0.2) is 4.98 Å². The molecular weight excluding hydrogens is 645 g/mol. The molecule has 0 saturated heterocycles. The standard InChI is InChI=1S/C49H38N4/c1-3-11-32(12-4-1)46-50-47(33-13-5-2-6-14-33)52-48(51-46)53-44-18-10-8-16-39(44)40-21-19-35(29-45(40)53)34-20-22-43-41(28-34)38-15-7-9-17-42(38)49(43)36-24-30-23-31(26-36)27-37(49)25-30/h1-22,28-31,36-37H,23-27H2. The van der Waals surface area contributed by atoms with Crippen LogP contribution >= 0.6 is 0 Å². The number of para-hydroxylation sites is 1. The number of nitrogens with zero attached hydrogens (tertiary/aromatic N) is 4. The van der Waals surface area contributed by atoms with E-state index in [1.54, 1.807) is 11.1 Å². The summed E-state index contributed by atoms with van der Waals surface area (Å²) in [6.45, 7) is 0. The van der Waals surface area contributed by atoms with Gasteiger partial charge in [0.15, 0.2) is 11.6 Å². The predicted molar refractivity (Wildman–Crippen MR) is 214 cm³/mol. The maximum absolute atomic E-state index is 5.17. The van der Waals surface area contributed by atoms with Crippen LogP contribution in [0.2, 0.25) is 0 Å². The summed E-state index contributed by atoms with van der Waals surface area (Å²) >= 11 is 0. The second kappa shape index (κ2) is 11.1. The Bertz CT molecular complexity index is 2660. The highest BCUT2D eigenvalue weighted by Gasteiger charge is 2.61. The minimum atomic E-state index is 0.180. The fourth-order valence-corrected chi connectivity index (χ4v) is 11.6. The Morgan fingerprint density at radius 3 is 1.72 bits per heavy atom. The van der Waals surface area contributed by atoms with Crippen LogP contribution in [-0.4, -0.2) is 19.5 Å². The molecule has 1 spiro atoms. The molecule has 0 radical (unpaired) electrons. The van der Waals surface area contributed by atoms with E-state index in [1.165, 1.54) is 65.1 Å². The van der Waals surface area contributed by atoms with Crippen molar-refractivity contribution in [2.75, 3.05) is 0 Å². The zero-order valence-electron chi connectivity index (χ0n) is 29.5. The summed E-state index contributed by atoms with van der Waals surface area (Å²) in [6, 6.07) is 52.9. The van der Waals surface area contributed by atoms with Gasteiger partial charge in [0.05, 0.1) is 11.0 Å². The number of fused-ring (bicyclic) bond motifs is 6. The first-order valence-corrected chi connectivity index (χ1v) is 19.4. The van der Waals surface area contributed by atoms with E-state index in [9.17, 15) is 0 Å². The average Bonchev–Trinajstić information content (AvgIpc) is 3.70. The van der Waals surface area contributed by atoms with Crippen molar-refractivity contribution in [3.63, 3.8) is 0 Å². The maximum Gasteiger partial charge on any atom is 0.238 e. The van der Waals surface area contributed by atoms with Crippen molar-refractivity contribution < 1.29 is 0 Å². The van der Waals surface area contributed by atoms with Crippen molar-refractivity contribution in [2.24, 2.45) is 23.7 Å². The molecule has 0 unspecified atom stereocenters. The molecule has 4 saturated carbocycles. The van der Waals surface area contributed by atoms with Crippen LogP contribution in [0, 0.1) is 23.7 Å². The van der Waals surface area contributed by atoms with Crippen molar-refractivity contribution in [1.29, 1.82) is 0 Å². The lowest BCUT2D eigenvalue weighted by molar-refractivity contribution is -0.0399. The third-order valence-corrected chi connectivity index (χ3v) is 13.4. The van der Waals surface area contributed by atoms with Crippen LogP contribution in [-0.2, 0) is 5.41 Å². The van der Waals surface area contributed by atoms with Crippen molar-refractivity contribution in [3.05, 3.63) is 157 Å². The van der Waals surface area contributed by atoms with E-state index in [2.05, 4.69) is 114 Å². The first kappa shape index (κ1) is 29.7. The predicted octanol–water partition coefficient (Wildman–Crippen LogP) is 11.7. The molecule has 5 aliphatic carbocycles. The second-order valence-corrected chi connectivity index (χ2v) is 16.1. The van der Waals surface area contributed by atoms with E-state index in [0.717, 1.165) is 45.8 Å². The molecule has 254 valence electrons. The molecular formula is C49H38N4. The van der Waals surface area contributed by atoms with Crippen LogP contribution < -0.4 is 0 Å². The molecule has 0 amide bonds. The quantitative estimate of drug-likeness (QED) is 0.186. The summed E-state index contributed by atoms with van der Waals surface area (Å²) in [5.41, 5.74) is 12.8. The number of hydrogen-bond donors (Lipinski definition) is 0. The molecule has 2 heterocycles. The normalized spacial score (nSPS) is 23.5. The smallest absolute Gasteiger partial charge is 0.238 e. The minimum Gasteiger partial charge on any atom is -0.278 e. The van der Waals surface area contributed by atoms with Gasteiger partial charge >= 0.3 is 0 Å². The maximum atomic E-state index is 5.17. The largest absolute Gasteiger partial charge is 0.278 e. The van der Waals surface area contributed by atoms with Crippen LogP contribution in [0.25, 0.3) is 72.8 Å². The molecule has 8 aromatic rings. The third kappa shape index (κ3) is 4.21. The Hall–Kier alpha value is -5.87. The van der Waals surface area contributed by atoms with E-state index in [1.807, 2.05) is 36.4 Å². The Balaban J connectivity index is 1.05. The number of hydrogen-bond acceptors (Lipinski definition) is 3. The summed E-state index contributed by atoms with van der Waals surface area (Å²) in [6.07, 6.45) is 7.08. The fourth-order valence-electron chi connectivity index (χ4n) is 11.6. The molecule has 53 heavy (non-hydrogen) atoms. The van der Waals surface area contributed by atoms with Gasteiger partial charge in [0.1, 0.15) is 0 Å². The summed E-state index contributed by atoms with van der Waals surface area (Å²) in [5.74, 6) is 5.35. The summed E-state index contributed by atoms with van der Waals surface area (Å²) in [7, 11) is 0. The van der Waals surface area contributed by atoms with Gasteiger partial charge in [-0.05, 0) is 107 Å². The van der Waals surface area contributed by atoms with Gasteiger partial charge in [0.25, 0.3) is 0 Å². The number of rotatable bonds is 4. The third-order valence-electron chi connectivity index (χ3n) is 13.4. The van der Waals surface area contributed by atoms with Gasteiger partial charge < -0.3 is 0 Å². The lowest BCUT2D eigenvalue weighted by Gasteiger charge is -2.61. The van der Waals surface area contributed by atoms with E-state index >= 15 is 0 Å². The molecule has 13 rings (SSSR count). The molecule has 2 aromatic heterocycles. The fraction of sp³-hybridized carbons (Fsp3) is 0.204. The van der Waals surface area contributed by atoms with Crippen LogP contribution in [0.4, 0.5) is 0 Å². The van der Waals surface area contributed by atoms with Crippen molar-refractivity contribution in [1.82, 2.24) is 19.5 Å². The number of aromatic nitrogens is 4. The average molecular weight is 683 g/mol. The van der Waals surface area contributed by atoms with Crippen LogP contribution in [0.5, 0.6) is 0 Å². The summed E-state index contributed by atoms with van der Waals surface area (Å²) < 4.78 is 2.24. The first-order chi connectivity index (χ1) is 26.2. The minimum absolute atomic E-state index is 0.180. The van der Waals surface area contributed by atoms with Crippen LogP contribution in [0.1, 0.15) is 43.2 Å². The molecule has 6 aromatic carbocycles. The Morgan fingerprint density at radius 2 is 1.00 bits per heavy atom. The van der Waals surface area contributed by atoms with E-state index in [4.69, 9.17) is 15.0 Å². The first-order valence-electron chi connectivity index (χ1n) is 19.4. The van der Waals surface area contributed by atoms with Gasteiger partial charge in [-0.3, -0.25) is 4.57 Å². The summed E-state index contributed by atoms with van der Waals surface area (Å²) in [5, 5.41) is 2.37. The van der Waals surface area contributed by atoms with Gasteiger partial charge in [0, 0.05) is 27.3 Å². The van der Waals surface area contributed by atoms with Gasteiger partial charge in [-0.15, -0.1) is 0 Å². The molecule has 4 nitrogen and oxygen atoms in total. The van der Waals surface area contributed by atoms with Gasteiger partial charge in [0.2, 0.25) is 5.95 Å². The van der Waals surface area contributed by atoms with Crippen molar-refractivity contribution in [2.45, 2.75) is 37.5 Å². The highest BCUT2D eigenvalue weighted by molar-refractivity contribution is 6.10. The molecule has 0 aliphatic heterocycles. The zero-order valence-corrected chi connectivity index (χ0v) is 29.5. The van der Waals surface area contributed by atoms with Gasteiger partial charge in [-0.2, -0.15) is 9.97 Å². The zero-order chi connectivity index (χ0) is 34.7. The molecule has 0 N–H and O–H groups in total. The van der Waals surface area contributed by atoms with Gasteiger partial charge in [-0.1, -0.05) is 127 Å². The topological polar surface area (TPSA) is 43.6 Å². The van der Waals surface area contributed by atoms with E-state index < -0.39 is 0 Å². The highest BCUT2D eigenvalue weighted by atomic mass is 15.2. The van der Waals surface area contributed by atoms with Crippen molar-refractivity contribution in [3.8, 4) is 51.0 Å². The Morgan fingerprint density at radius 1 is 0.434 bits per heavy atom. The molecule has 5 aliphatic rings. The lowest BCUT2D eigenvalue weighted by Crippen LogP contribution is -2.55. The monoisotopic (exact) mass is 682 g/mol.